The van der Waals surface area contributed by atoms with E-state index in [1.165, 1.54) is 30.6 Å². The fraction of sp³-hybridized carbons (Fsp3) is 0.167. The van der Waals surface area contributed by atoms with Crippen molar-refractivity contribution in [2.75, 3.05) is 0 Å². The number of nitrogens with zero attached hydrogens (tertiary/aromatic N) is 1. The zero-order valence-corrected chi connectivity index (χ0v) is 9.77. The first-order valence-electron chi connectivity index (χ1n) is 5.45. The van der Waals surface area contributed by atoms with E-state index in [4.69, 9.17) is 0 Å². The van der Waals surface area contributed by atoms with E-state index >= 15 is 0 Å². The predicted molar refractivity (Wildman–Crippen MR) is 62.8 cm³/mol. The Bertz CT molecular complexity index is 526. The van der Waals surface area contributed by atoms with Gasteiger partial charge in [0.2, 0.25) is 0 Å². The number of amides is 1. The van der Waals surface area contributed by atoms with Gasteiger partial charge < -0.3 is 15.0 Å². The van der Waals surface area contributed by atoms with Gasteiger partial charge in [0, 0.05) is 11.8 Å². The summed E-state index contributed by atoms with van der Waals surface area (Å²) >= 11 is 0. The van der Waals surface area contributed by atoms with E-state index in [0.717, 1.165) is 5.69 Å². The van der Waals surface area contributed by atoms with Gasteiger partial charge in [0.25, 0.3) is 5.91 Å². The molecule has 2 aromatic rings. The van der Waals surface area contributed by atoms with E-state index in [-0.39, 0.29) is 11.7 Å². The van der Waals surface area contributed by atoms with Crippen LogP contribution in [0.4, 0.5) is 8.78 Å². The highest BCUT2D eigenvalue weighted by atomic mass is 19.3. The van der Waals surface area contributed by atoms with E-state index in [1.54, 1.807) is 6.20 Å². The van der Waals surface area contributed by atoms with Crippen LogP contribution in [0.15, 0.2) is 36.8 Å². The van der Waals surface area contributed by atoms with Crippen LogP contribution in [-0.2, 0) is 6.54 Å². The van der Waals surface area contributed by atoms with Gasteiger partial charge >= 0.3 is 6.61 Å². The molecule has 0 unspecified atom stereocenters. The van der Waals surface area contributed by atoms with Gasteiger partial charge in [-0.25, -0.2) is 4.98 Å². The Hall–Kier alpha value is -2.44. The Labute approximate surface area is 107 Å². The van der Waals surface area contributed by atoms with E-state index in [2.05, 4.69) is 20.0 Å². The number of carbonyl (C=O) groups is 1. The zero-order chi connectivity index (χ0) is 13.7. The number of carbonyl (C=O) groups excluding carboxylic acids is 1. The van der Waals surface area contributed by atoms with Gasteiger partial charge in [-0.3, -0.25) is 4.79 Å². The molecule has 0 aliphatic heterocycles. The molecule has 7 heteroatoms. The van der Waals surface area contributed by atoms with Crippen molar-refractivity contribution < 1.29 is 18.3 Å². The summed E-state index contributed by atoms with van der Waals surface area (Å²) in [5, 5.41) is 2.66. The lowest BCUT2D eigenvalue weighted by atomic mass is 10.2. The molecule has 0 spiro atoms. The summed E-state index contributed by atoms with van der Waals surface area (Å²) in [6, 6.07) is 5.47. The molecule has 2 N–H and O–H groups in total. The van der Waals surface area contributed by atoms with Gasteiger partial charge in [0.15, 0.2) is 0 Å². The van der Waals surface area contributed by atoms with Crippen molar-refractivity contribution in [1.29, 1.82) is 0 Å². The molecule has 0 radical (unpaired) electrons. The number of rotatable bonds is 5. The monoisotopic (exact) mass is 267 g/mol. The number of H-pyrrole nitrogens is 1. The predicted octanol–water partition coefficient (Wildman–Crippen LogP) is 1.94. The van der Waals surface area contributed by atoms with Crippen molar-refractivity contribution >= 4 is 5.91 Å². The third-order valence-corrected chi connectivity index (χ3v) is 2.34. The SMILES string of the molecule is O=C(NCc1cnc[nH]1)c1ccc(OC(F)F)cc1. The largest absolute Gasteiger partial charge is 0.435 e. The van der Waals surface area contributed by atoms with Crippen LogP contribution in [0.25, 0.3) is 0 Å². The summed E-state index contributed by atoms with van der Waals surface area (Å²) in [5.74, 6) is -0.293. The van der Waals surface area contributed by atoms with Crippen LogP contribution in [0.1, 0.15) is 16.1 Å². The lowest BCUT2D eigenvalue weighted by Crippen LogP contribution is -2.22. The number of imidazole rings is 1. The first-order chi connectivity index (χ1) is 9.15. The van der Waals surface area contributed by atoms with Crippen LogP contribution in [0.2, 0.25) is 0 Å². The Morgan fingerprint density at radius 1 is 1.37 bits per heavy atom. The lowest BCUT2D eigenvalue weighted by Gasteiger charge is -2.06. The molecule has 1 heterocycles. The Morgan fingerprint density at radius 3 is 2.68 bits per heavy atom. The maximum atomic E-state index is 11.9. The fourth-order valence-corrected chi connectivity index (χ4v) is 1.45. The van der Waals surface area contributed by atoms with Gasteiger partial charge in [-0.1, -0.05) is 0 Å². The third-order valence-electron chi connectivity index (χ3n) is 2.34. The number of aromatic nitrogens is 2. The summed E-state index contributed by atoms with van der Waals surface area (Å²) in [6.07, 6.45) is 3.11. The average Bonchev–Trinajstić information content (AvgIpc) is 2.89. The first kappa shape index (κ1) is 13.0. The van der Waals surface area contributed by atoms with E-state index in [1.807, 2.05) is 0 Å². The molecule has 0 atom stereocenters. The summed E-state index contributed by atoms with van der Waals surface area (Å²) in [4.78, 5) is 18.4. The molecule has 19 heavy (non-hydrogen) atoms. The fourth-order valence-electron chi connectivity index (χ4n) is 1.45. The van der Waals surface area contributed by atoms with Crippen molar-refractivity contribution in [3.05, 3.63) is 48.0 Å². The quantitative estimate of drug-likeness (QED) is 0.870. The number of nitrogens with one attached hydrogen (secondary N) is 2. The maximum Gasteiger partial charge on any atom is 0.387 e. The highest BCUT2D eigenvalue weighted by Gasteiger charge is 2.08. The molecule has 0 saturated carbocycles. The molecule has 0 bridgehead atoms. The maximum absolute atomic E-state index is 11.9. The number of hydrogen-bond acceptors (Lipinski definition) is 3. The van der Waals surface area contributed by atoms with Crippen molar-refractivity contribution in [3.63, 3.8) is 0 Å². The molecule has 2 rings (SSSR count). The highest BCUT2D eigenvalue weighted by Crippen LogP contribution is 2.14. The number of ether oxygens (including phenoxy) is 1. The molecule has 0 fully saturated rings. The van der Waals surface area contributed by atoms with E-state index in [0.29, 0.717) is 12.1 Å². The summed E-state index contributed by atoms with van der Waals surface area (Å²) in [7, 11) is 0. The minimum Gasteiger partial charge on any atom is -0.435 e. The topological polar surface area (TPSA) is 67.0 Å². The molecule has 1 amide bonds. The Kier molecular flexibility index (Phi) is 4.07. The minimum absolute atomic E-state index is 0.0140. The van der Waals surface area contributed by atoms with E-state index in [9.17, 15) is 13.6 Å². The number of alkyl halides is 2. The summed E-state index contributed by atoms with van der Waals surface area (Å²) in [6.45, 7) is -2.56. The average molecular weight is 267 g/mol. The molecular weight excluding hydrogens is 256 g/mol. The van der Waals surface area contributed by atoms with Gasteiger partial charge in [-0.15, -0.1) is 0 Å². The number of benzene rings is 1. The number of aromatic amines is 1. The molecular formula is C12H11F2N3O2. The van der Waals surface area contributed by atoms with Crippen molar-refractivity contribution in [3.8, 4) is 5.75 Å². The second kappa shape index (κ2) is 5.94. The zero-order valence-electron chi connectivity index (χ0n) is 9.77. The number of hydrogen-bond donors (Lipinski definition) is 2. The summed E-state index contributed by atoms with van der Waals surface area (Å²) in [5.41, 5.74) is 1.13. The normalized spacial score (nSPS) is 10.5. The van der Waals surface area contributed by atoms with Crippen LogP contribution in [0.5, 0.6) is 5.75 Å². The molecule has 0 aliphatic rings. The van der Waals surface area contributed by atoms with Crippen LogP contribution in [0.3, 0.4) is 0 Å². The molecule has 5 nitrogen and oxygen atoms in total. The molecule has 0 saturated heterocycles. The summed E-state index contributed by atoms with van der Waals surface area (Å²) < 4.78 is 28.1. The standard InChI is InChI=1S/C12H11F2N3O2/c13-12(14)19-10-3-1-8(2-4-10)11(18)16-6-9-5-15-7-17-9/h1-5,7,12H,6H2,(H,15,17)(H,16,18). The second-order valence-electron chi connectivity index (χ2n) is 3.66. The third kappa shape index (κ3) is 3.77. The van der Waals surface area contributed by atoms with Crippen LogP contribution in [0, 0.1) is 0 Å². The minimum atomic E-state index is -2.87. The lowest BCUT2D eigenvalue weighted by molar-refractivity contribution is -0.0498. The molecule has 1 aromatic heterocycles. The second-order valence-corrected chi connectivity index (χ2v) is 3.66. The highest BCUT2D eigenvalue weighted by molar-refractivity contribution is 5.94. The Balaban J connectivity index is 1.92. The van der Waals surface area contributed by atoms with Gasteiger partial charge in [-0.2, -0.15) is 8.78 Å². The van der Waals surface area contributed by atoms with Crippen molar-refractivity contribution in [2.24, 2.45) is 0 Å². The molecule has 1 aromatic carbocycles. The molecule has 0 aliphatic carbocycles. The van der Waals surface area contributed by atoms with Gasteiger partial charge in [0.05, 0.1) is 18.6 Å². The van der Waals surface area contributed by atoms with Crippen molar-refractivity contribution in [1.82, 2.24) is 15.3 Å². The first-order valence-corrected chi connectivity index (χ1v) is 5.45. The van der Waals surface area contributed by atoms with Gasteiger partial charge in [-0.05, 0) is 24.3 Å². The van der Waals surface area contributed by atoms with Crippen LogP contribution < -0.4 is 10.1 Å². The number of halogens is 2. The van der Waals surface area contributed by atoms with Crippen LogP contribution >= 0.6 is 0 Å². The Morgan fingerprint density at radius 2 is 2.11 bits per heavy atom. The molecule has 100 valence electrons. The van der Waals surface area contributed by atoms with Crippen LogP contribution in [-0.4, -0.2) is 22.5 Å². The van der Waals surface area contributed by atoms with Crippen molar-refractivity contribution in [2.45, 2.75) is 13.2 Å². The smallest absolute Gasteiger partial charge is 0.387 e. The van der Waals surface area contributed by atoms with Gasteiger partial charge in [0.1, 0.15) is 5.75 Å². The van der Waals surface area contributed by atoms with E-state index < -0.39 is 6.61 Å².